The molecule has 0 aliphatic carbocycles. The summed E-state index contributed by atoms with van der Waals surface area (Å²) in [5.41, 5.74) is 3.84. The topological polar surface area (TPSA) is 57.4 Å². The zero-order valence-electron chi connectivity index (χ0n) is 11.0. The summed E-state index contributed by atoms with van der Waals surface area (Å²) in [7, 11) is 0. The summed E-state index contributed by atoms with van der Waals surface area (Å²) in [5, 5.41) is 0. The summed E-state index contributed by atoms with van der Waals surface area (Å²) >= 11 is 0. The van der Waals surface area contributed by atoms with Crippen LogP contribution in [-0.4, -0.2) is 19.9 Å². The van der Waals surface area contributed by atoms with Crippen LogP contribution in [-0.2, 0) is 12.8 Å². The number of benzene rings is 1. The van der Waals surface area contributed by atoms with E-state index in [0.29, 0.717) is 0 Å². The van der Waals surface area contributed by atoms with Gasteiger partial charge in [-0.05, 0) is 25.3 Å². The van der Waals surface area contributed by atoms with Crippen molar-refractivity contribution in [3.63, 3.8) is 0 Å². The molecule has 0 radical (unpaired) electrons. The molecule has 0 saturated heterocycles. The highest BCUT2D eigenvalue weighted by molar-refractivity contribution is 5.22. The van der Waals surface area contributed by atoms with Crippen LogP contribution in [0, 0.1) is 6.92 Å². The molecule has 3 rings (SSSR count). The summed E-state index contributed by atoms with van der Waals surface area (Å²) in [5.74, 6) is 0. The lowest BCUT2D eigenvalue weighted by Crippen LogP contribution is -1.91. The van der Waals surface area contributed by atoms with Crippen LogP contribution in [0.3, 0.4) is 0 Å². The molecule has 0 saturated carbocycles. The minimum atomic E-state index is 1.01. The third kappa shape index (κ3) is 4.79. The number of rotatable bonds is 3. The molecule has 0 amide bonds. The van der Waals surface area contributed by atoms with Gasteiger partial charge in [0.1, 0.15) is 0 Å². The first-order valence-electron chi connectivity index (χ1n) is 6.30. The Hall–Kier alpha value is -2.36. The Morgan fingerprint density at radius 1 is 1.11 bits per heavy atom. The Kier molecular flexibility index (Phi) is 4.93. The number of imidazole rings is 2. The van der Waals surface area contributed by atoms with E-state index < -0.39 is 0 Å². The number of hydrogen-bond acceptors (Lipinski definition) is 2. The van der Waals surface area contributed by atoms with E-state index in [-0.39, 0.29) is 0 Å². The number of H-pyrrole nitrogens is 2. The molecule has 0 atom stereocenters. The van der Waals surface area contributed by atoms with Crippen LogP contribution in [0.2, 0.25) is 0 Å². The molecule has 2 heterocycles. The minimum Gasteiger partial charge on any atom is -0.351 e. The fourth-order valence-corrected chi connectivity index (χ4v) is 1.78. The fourth-order valence-electron chi connectivity index (χ4n) is 1.78. The van der Waals surface area contributed by atoms with Gasteiger partial charge in [0.2, 0.25) is 0 Å². The van der Waals surface area contributed by atoms with Crippen molar-refractivity contribution in [1.82, 2.24) is 19.9 Å². The van der Waals surface area contributed by atoms with E-state index in [1.54, 1.807) is 25.0 Å². The lowest BCUT2D eigenvalue weighted by molar-refractivity contribution is 0.924. The lowest BCUT2D eigenvalue weighted by atomic mass is 10.1. The van der Waals surface area contributed by atoms with E-state index in [4.69, 9.17) is 0 Å². The van der Waals surface area contributed by atoms with Gasteiger partial charge in [-0.2, -0.15) is 0 Å². The lowest BCUT2D eigenvalue weighted by Gasteiger charge is -2.00. The van der Waals surface area contributed by atoms with Crippen LogP contribution < -0.4 is 0 Å². The van der Waals surface area contributed by atoms with Crippen molar-refractivity contribution in [1.29, 1.82) is 0 Å². The van der Waals surface area contributed by atoms with Crippen molar-refractivity contribution >= 4 is 0 Å². The zero-order valence-corrected chi connectivity index (χ0v) is 11.0. The van der Waals surface area contributed by atoms with E-state index in [1.165, 1.54) is 11.1 Å². The highest BCUT2D eigenvalue weighted by Gasteiger charge is 1.96. The summed E-state index contributed by atoms with van der Waals surface area (Å²) in [6.07, 6.45) is 10.8. The Balaban J connectivity index is 0.000000224. The van der Waals surface area contributed by atoms with Gasteiger partial charge in [0.05, 0.1) is 18.3 Å². The standard InChI is InChI=1S/C12H14N2.C3H4N2/c1-10-3-2-4-11(7-10)5-6-12-8-13-9-14-12;1-2-5-3-4-1/h2-4,7-9H,5-6H2,1H3,(H,13,14);1-3H,(H,4,5). The molecule has 19 heavy (non-hydrogen) atoms. The summed E-state index contributed by atoms with van der Waals surface area (Å²) < 4.78 is 0. The van der Waals surface area contributed by atoms with Crippen molar-refractivity contribution in [2.45, 2.75) is 19.8 Å². The molecule has 3 aromatic rings. The number of aromatic amines is 2. The first-order valence-corrected chi connectivity index (χ1v) is 6.30. The van der Waals surface area contributed by atoms with Crippen molar-refractivity contribution < 1.29 is 0 Å². The summed E-state index contributed by atoms with van der Waals surface area (Å²) in [6, 6.07) is 8.62. The number of hydrogen-bond donors (Lipinski definition) is 2. The number of nitrogens with zero attached hydrogens (tertiary/aromatic N) is 2. The molecule has 1 aromatic carbocycles. The molecule has 4 heteroatoms. The molecule has 0 spiro atoms. The maximum absolute atomic E-state index is 4.20. The normalized spacial score (nSPS) is 9.74. The van der Waals surface area contributed by atoms with Crippen LogP contribution >= 0.6 is 0 Å². The maximum atomic E-state index is 4.20. The molecule has 4 nitrogen and oxygen atoms in total. The Labute approximate surface area is 113 Å². The van der Waals surface area contributed by atoms with Gasteiger partial charge < -0.3 is 9.97 Å². The average Bonchev–Trinajstić information content (AvgIpc) is 3.12. The highest BCUT2D eigenvalue weighted by atomic mass is 14.9. The van der Waals surface area contributed by atoms with Crippen LogP contribution in [0.4, 0.5) is 0 Å². The Morgan fingerprint density at radius 3 is 2.63 bits per heavy atom. The van der Waals surface area contributed by atoms with Crippen LogP contribution in [0.25, 0.3) is 0 Å². The molecule has 0 unspecified atom stereocenters. The van der Waals surface area contributed by atoms with Gasteiger partial charge in [-0.15, -0.1) is 0 Å². The predicted octanol–water partition coefficient (Wildman–Crippen LogP) is 2.91. The van der Waals surface area contributed by atoms with Crippen LogP contribution in [0.15, 0.2) is 55.5 Å². The largest absolute Gasteiger partial charge is 0.351 e. The number of aryl methyl sites for hydroxylation is 3. The van der Waals surface area contributed by atoms with Crippen molar-refractivity contribution in [2.75, 3.05) is 0 Å². The van der Waals surface area contributed by atoms with Gasteiger partial charge in [0, 0.05) is 18.6 Å². The summed E-state index contributed by atoms with van der Waals surface area (Å²) in [4.78, 5) is 13.6. The second kappa shape index (κ2) is 7.16. The molecule has 0 bridgehead atoms. The summed E-state index contributed by atoms with van der Waals surface area (Å²) in [6.45, 7) is 2.12. The molecular weight excluding hydrogens is 236 g/mol. The molecule has 2 N–H and O–H groups in total. The van der Waals surface area contributed by atoms with E-state index in [0.717, 1.165) is 18.5 Å². The van der Waals surface area contributed by atoms with Crippen molar-refractivity contribution in [2.24, 2.45) is 0 Å². The van der Waals surface area contributed by atoms with Crippen molar-refractivity contribution in [3.8, 4) is 0 Å². The quantitative estimate of drug-likeness (QED) is 0.755. The van der Waals surface area contributed by atoms with Crippen LogP contribution in [0.5, 0.6) is 0 Å². The highest BCUT2D eigenvalue weighted by Crippen LogP contribution is 2.07. The molecule has 98 valence electrons. The Bertz CT molecular complexity index is 538. The van der Waals surface area contributed by atoms with E-state index >= 15 is 0 Å². The third-order valence-corrected chi connectivity index (χ3v) is 2.71. The number of aromatic nitrogens is 4. The molecule has 0 fully saturated rings. The van der Waals surface area contributed by atoms with Gasteiger partial charge >= 0.3 is 0 Å². The molecular formula is C15H18N4. The van der Waals surface area contributed by atoms with E-state index in [1.807, 2.05) is 6.20 Å². The monoisotopic (exact) mass is 254 g/mol. The van der Waals surface area contributed by atoms with Gasteiger partial charge in [-0.1, -0.05) is 29.8 Å². The zero-order chi connectivity index (χ0) is 13.3. The van der Waals surface area contributed by atoms with Gasteiger partial charge in [0.15, 0.2) is 0 Å². The van der Waals surface area contributed by atoms with Crippen LogP contribution in [0.1, 0.15) is 16.8 Å². The first kappa shape index (κ1) is 13.1. The van der Waals surface area contributed by atoms with Gasteiger partial charge in [-0.3, -0.25) is 0 Å². The SMILES string of the molecule is Cc1cccc(CCc2c[nH]cn2)c1.c1c[nH]cn1. The Morgan fingerprint density at radius 2 is 2.05 bits per heavy atom. The maximum Gasteiger partial charge on any atom is 0.0923 e. The first-order chi connectivity index (χ1) is 9.34. The van der Waals surface area contributed by atoms with E-state index in [2.05, 4.69) is 51.1 Å². The number of nitrogens with one attached hydrogen (secondary N) is 2. The third-order valence-electron chi connectivity index (χ3n) is 2.71. The van der Waals surface area contributed by atoms with Crippen molar-refractivity contribution in [3.05, 3.63) is 72.3 Å². The molecule has 0 aliphatic heterocycles. The van der Waals surface area contributed by atoms with Gasteiger partial charge in [-0.25, -0.2) is 9.97 Å². The second-order valence-corrected chi connectivity index (χ2v) is 4.31. The van der Waals surface area contributed by atoms with Gasteiger partial charge in [0.25, 0.3) is 0 Å². The minimum absolute atomic E-state index is 1.01. The predicted molar refractivity (Wildman–Crippen MR) is 75.8 cm³/mol. The average molecular weight is 254 g/mol. The second-order valence-electron chi connectivity index (χ2n) is 4.31. The van der Waals surface area contributed by atoms with E-state index in [9.17, 15) is 0 Å². The fraction of sp³-hybridized carbons (Fsp3) is 0.200. The smallest absolute Gasteiger partial charge is 0.0923 e. The molecule has 2 aromatic heterocycles. The molecule has 0 aliphatic rings.